The number of hydrogen-bond donors (Lipinski definition) is 3. The molecule has 0 aromatic rings. The summed E-state index contributed by atoms with van der Waals surface area (Å²) in [5.74, 6) is -0.962. The monoisotopic (exact) mass is 256 g/mol. The standard InChI is InChI=1S/C12H20N2O4/c15-7-8-2-1-3-10(4-8)13-12(18)14-5-9(6-14)11(16)17/h8-10,15H,1-7H2,(H,13,18)(H,16,17). The number of carboxylic acid groups (broad SMARTS) is 1. The second-order valence-electron chi connectivity index (χ2n) is 5.30. The molecule has 6 nitrogen and oxygen atoms in total. The molecule has 6 heteroatoms. The summed E-state index contributed by atoms with van der Waals surface area (Å²) in [7, 11) is 0. The van der Waals surface area contributed by atoms with Gasteiger partial charge in [-0.15, -0.1) is 0 Å². The van der Waals surface area contributed by atoms with Crippen molar-refractivity contribution in [3.63, 3.8) is 0 Å². The van der Waals surface area contributed by atoms with Crippen molar-refractivity contribution in [2.75, 3.05) is 19.7 Å². The largest absolute Gasteiger partial charge is 0.481 e. The lowest BCUT2D eigenvalue weighted by atomic mass is 9.86. The van der Waals surface area contributed by atoms with Gasteiger partial charge in [0.1, 0.15) is 0 Å². The van der Waals surface area contributed by atoms with Crippen molar-refractivity contribution in [3.8, 4) is 0 Å². The van der Waals surface area contributed by atoms with Crippen LogP contribution in [-0.2, 0) is 4.79 Å². The molecule has 1 aliphatic carbocycles. The molecule has 2 amide bonds. The molecule has 3 N–H and O–H groups in total. The van der Waals surface area contributed by atoms with Crippen LogP contribution in [0.4, 0.5) is 4.79 Å². The van der Waals surface area contributed by atoms with Crippen molar-refractivity contribution in [1.29, 1.82) is 0 Å². The summed E-state index contributed by atoms with van der Waals surface area (Å²) in [5.41, 5.74) is 0. The minimum atomic E-state index is -0.836. The van der Waals surface area contributed by atoms with Gasteiger partial charge in [0.25, 0.3) is 0 Å². The quantitative estimate of drug-likeness (QED) is 0.676. The Morgan fingerprint density at radius 1 is 1.28 bits per heavy atom. The van der Waals surface area contributed by atoms with Crippen LogP contribution in [0.2, 0.25) is 0 Å². The van der Waals surface area contributed by atoms with Crippen LogP contribution in [0, 0.1) is 11.8 Å². The number of aliphatic hydroxyl groups excluding tert-OH is 1. The average molecular weight is 256 g/mol. The van der Waals surface area contributed by atoms with E-state index in [0.717, 1.165) is 25.7 Å². The smallest absolute Gasteiger partial charge is 0.317 e. The number of hydrogen-bond acceptors (Lipinski definition) is 3. The Bertz CT molecular complexity index is 328. The van der Waals surface area contributed by atoms with Gasteiger partial charge < -0.3 is 20.4 Å². The number of nitrogens with one attached hydrogen (secondary N) is 1. The van der Waals surface area contributed by atoms with E-state index >= 15 is 0 Å². The van der Waals surface area contributed by atoms with Crippen molar-refractivity contribution in [2.24, 2.45) is 11.8 Å². The van der Waals surface area contributed by atoms with E-state index in [1.54, 1.807) is 0 Å². The van der Waals surface area contributed by atoms with Crippen LogP contribution < -0.4 is 5.32 Å². The maximum Gasteiger partial charge on any atom is 0.317 e. The lowest BCUT2D eigenvalue weighted by molar-refractivity contribution is -0.146. The summed E-state index contributed by atoms with van der Waals surface area (Å²) < 4.78 is 0. The second-order valence-corrected chi connectivity index (χ2v) is 5.30. The first-order valence-corrected chi connectivity index (χ1v) is 6.49. The number of aliphatic carboxylic acids is 1. The van der Waals surface area contributed by atoms with Crippen molar-refractivity contribution < 1.29 is 19.8 Å². The zero-order valence-electron chi connectivity index (χ0n) is 10.3. The molecule has 1 saturated heterocycles. The third-order valence-corrected chi connectivity index (χ3v) is 3.89. The number of urea groups is 1. The molecule has 2 atom stereocenters. The summed E-state index contributed by atoms with van der Waals surface area (Å²) in [4.78, 5) is 24.0. The van der Waals surface area contributed by atoms with Crippen molar-refractivity contribution in [3.05, 3.63) is 0 Å². The van der Waals surface area contributed by atoms with Crippen LogP contribution in [0.25, 0.3) is 0 Å². The minimum Gasteiger partial charge on any atom is -0.481 e. The normalized spacial score (nSPS) is 28.6. The number of carbonyl (C=O) groups is 2. The van der Waals surface area contributed by atoms with E-state index in [1.807, 2.05) is 0 Å². The van der Waals surface area contributed by atoms with E-state index in [2.05, 4.69) is 5.32 Å². The topological polar surface area (TPSA) is 89.9 Å². The van der Waals surface area contributed by atoms with Gasteiger partial charge in [0.2, 0.25) is 0 Å². The summed E-state index contributed by atoms with van der Waals surface area (Å²) in [5, 5.41) is 20.8. The molecule has 1 heterocycles. The molecule has 2 rings (SSSR count). The molecule has 2 fully saturated rings. The average Bonchev–Trinajstić information content (AvgIpc) is 2.26. The molecule has 2 unspecified atom stereocenters. The number of likely N-dealkylation sites (tertiary alicyclic amines) is 1. The fourth-order valence-electron chi connectivity index (χ4n) is 2.65. The van der Waals surface area contributed by atoms with Crippen molar-refractivity contribution >= 4 is 12.0 Å². The van der Waals surface area contributed by atoms with Crippen molar-refractivity contribution in [1.82, 2.24) is 10.2 Å². The fourth-order valence-corrected chi connectivity index (χ4v) is 2.65. The summed E-state index contributed by atoms with van der Waals surface area (Å²) in [6.07, 6.45) is 3.80. The van der Waals surface area contributed by atoms with Gasteiger partial charge in [-0.3, -0.25) is 4.79 Å². The van der Waals surface area contributed by atoms with E-state index in [1.165, 1.54) is 4.90 Å². The van der Waals surface area contributed by atoms with Gasteiger partial charge in [-0.2, -0.15) is 0 Å². The first kappa shape index (κ1) is 13.1. The number of carboxylic acids is 1. The number of rotatable bonds is 3. The molecule has 102 valence electrons. The summed E-state index contributed by atoms with van der Waals surface area (Å²) in [6.45, 7) is 0.784. The van der Waals surface area contributed by atoms with Crippen LogP contribution in [0.5, 0.6) is 0 Å². The molecular formula is C12H20N2O4. The highest BCUT2D eigenvalue weighted by Gasteiger charge is 2.36. The van der Waals surface area contributed by atoms with E-state index in [0.29, 0.717) is 13.1 Å². The van der Waals surface area contributed by atoms with Gasteiger partial charge in [0, 0.05) is 25.7 Å². The first-order chi connectivity index (χ1) is 8.60. The van der Waals surface area contributed by atoms with Crippen LogP contribution in [0.15, 0.2) is 0 Å². The SMILES string of the molecule is O=C(O)C1CN(C(=O)NC2CCCC(CO)C2)C1. The molecule has 0 aromatic heterocycles. The molecule has 18 heavy (non-hydrogen) atoms. The van der Waals surface area contributed by atoms with E-state index in [9.17, 15) is 9.59 Å². The van der Waals surface area contributed by atoms with E-state index in [4.69, 9.17) is 10.2 Å². The number of carbonyl (C=O) groups excluding carboxylic acids is 1. The molecule has 0 spiro atoms. The Kier molecular flexibility index (Phi) is 4.06. The van der Waals surface area contributed by atoms with Gasteiger partial charge in [0.15, 0.2) is 0 Å². The Hall–Kier alpha value is -1.30. The van der Waals surface area contributed by atoms with Crippen LogP contribution in [-0.4, -0.2) is 52.9 Å². The van der Waals surface area contributed by atoms with Crippen LogP contribution >= 0.6 is 0 Å². The lowest BCUT2D eigenvalue weighted by Crippen LogP contribution is -2.57. The highest BCUT2D eigenvalue weighted by atomic mass is 16.4. The van der Waals surface area contributed by atoms with Gasteiger partial charge in [-0.25, -0.2) is 4.79 Å². The minimum absolute atomic E-state index is 0.118. The molecular weight excluding hydrogens is 236 g/mol. The Balaban J connectivity index is 1.73. The third kappa shape index (κ3) is 2.93. The van der Waals surface area contributed by atoms with Gasteiger partial charge in [0.05, 0.1) is 5.92 Å². The zero-order valence-corrected chi connectivity index (χ0v) is 10.3. The predicted octanol–water partition coefficient (Wildman–Crippen LogP) is 0.263. The number of amides is 2. The Morgan fingerprint density at radius 2 is 2.00 bits per heavy atom. The summed E-state index contributed by atoms with van der Waals surface area (Å²) >= 11 is 0. The van der Waals surface area contributed by atoms with Crippen LogP contribution in [0.3, 0.4) is 0 Å². The molecule has 0 bridgehead atoms. The lowest BCUT2D eigenvalue weighted by Gasteiger charge is -2.38. The van der Waals surface area contributed by atoms with Crippen LogP contribution in [0.1, 0.15) is 25.7 Å². The van der Waals surface area contributed by atoms with Gasteiger partial charge >= 0.3 is 12.0 Å². The van der Waals surface area contributed by atoms with Gasteiger partial charge in [-0.05, 0) is 25.2 Å². The molecule has 0 aromatic carbocycles. The first-order valence-electron chi connectivity index (χ1n) is 6.49. The summed E-state index contributed by atoms with van der Waals surface area (Å²) in [6, 6.07) is -0.0524. The number of aliphatic hydroxyl groups is 1. The molecule has 2 aliphatic rings. The van der Waals surface area contributed by atoms with E-state index < -0.39 is 11.9 Å². The fraction of sp³-hybridized carbons (Fsp3) is 0.833. The zero-order chi connectivity index (χ0) is 13.1. The Labute approximate surface area is 106 Å². The maximum absolute atomic E-state index is 11.8. The Morgan fingerprint density at radius 3 is 2.61 bits per heavy atom. The maximum atomic E-state index is 11.8. The second kappa shape index (κ2) is 5.56. The molecule has 0 radical (unpaired) electrons. The van der Waals surface area contributed by atoms with Crippen molar-refractivity contribution in [2.45, 2.75) is 31.7 Å². The van der Waals surface area contributed by atoms with E-state index in [-0.39, 0.29) is 24.6 Å². The molecule has 1 aliphatic heterocycles. The van der Waals surface area contributed by atoms with Gasteiger partial charge in [-0.1, -0.05) is 6.42 Å². The molecule has 1 saturated carbocycles. The highest BCUT2D eigenvalue weighted by molar-refractivity contribution is 5.79. The highest BCUT2D eigenvalue weighted by Crippen LogP contribution is 2.24. The predicted molar refractivity (Wildman–Crippen MR) is 64.1 cm³/mol. The third-order valence-electron chi connectivity index (χ3n) is 3.89. The number of nitrogens with zero attached hydrogens (tertiary/aromatic N) is 1.